The Labute approximate surface area is 146 Å². The topological polar surface area (TPSA) is 48.9 Å². The smallest absolute Gasteiger partial charge is 0.191 e. The molecule has 1 aliphatic rings. The van der Waals surface area contributed by atoms with E-state index in [-0.39, 0.29) is 0 Å². The highest BCUT2D eigenvalue weighted by atomic mass is 16.5. The third-order valence-electron chi connectivity index (χ3n) is 4.45. The monoisotopic (exact) mass is 332 g/mol. The molecule has 1 aliphatic heterocycles. The lowest BCUT2D eigenvalue weighted by atomic mass is 9.99. The molecule has 0 radical (unpaired) electrons. The van der Waals surface area contributed by atoms with Gasteiger partial charge in [-0.3, -0.25) is 4.99 Å². The second-order valence-corrected chi connectivity index (χ2v) is 6.46. The minimum atomic E-state index is 0.622. The van der Waals surface area contributed by atoms with Gasteiger partial charge in [0.25, 0.3) is 0 Å². The van der Waals surface area contributed by atoms with E-state index in [9.17, 15) is 0 Å². The van der Waals surface area contributed by atoms with Crippen LogP contribution in [0.1, 0.15) is 26.2 Å². The van der Waals surface area contributed by atoms with Crippen LogP contribution in [-0.4, -0.2) is 57.2 Å². The van der Waals surface area contributed by atoms with Gasteiger partial charge in [-0.05, 0) is 56.9 Å². The zero-order valence-corrected chi connectivity index (χ0v) is 15.1. The van der Waals surface area contributed by atoms with Gasteiger partial charge in [0.05, 0.1) is 6.54 Å². The quantitative estimate of drug-likeness (QED) is 0.436. The number of hydrogen-bond acceptors (Lipinski definition) is 3. The van der Waals surface area contributed by atoms with Gasteiger partial charge < -0.3 is 20.3 Å². The Morgan fingerprint density at radius 2 is 1.88 bits per heavy atom. The van der Waals surface area contributed by atoms with Crippen molar-refractivity contribution in [2.75, 3.05) is 46.4 Å². The molecule has 1 aromatic carbocycles. The summed E-state index contributed by atoms with van der Waals surface area (Å²) in [5.74, 6) is 2.65. The van der Waals surface area contributed by atoms with Crippen LogP contribution in [0.4, 0.5) is 0 Å². The van der Waals surface area contributed by atoms with E-state index in [2.05, 4.69) is 27.4 Å². The summed E-state index contributed by atoms with van der Waals surface area (Å²) in [6.07, 6.45) is 3.84. The van der Waals surface area contributed by atoms with Crippen LogP contribution in [-0.2, 0) is 0 Å². The van der Waals surface area contributed by atoms with Gasteiger partial charge in [-0.15, -0.1) is 0 Å². The second kappa shape index (κ2) is 10.9. The molecule has 0 bridgehead atoms. The van der Waals surface area contributed by atoms with E-state index in [1.807, 2.05) is 30.3 Å². The first-order valence-electron chi connectivity index (χ1n) is 9.12. The number of piperidine rings is 1. The summed E-state index contributed by atoms with van der Waals surface area (Å²) in [7, 11) is 1.80. The molecule has 5 nitrogen and oxygen atoms in total. The van der Waals surface area contributed by atoms with Crippen LogP contribution in [0.25, 0.3) is 0 Å². The van der Waals surface area contributed by atoms with Gasteiger partial charge in [0.2, 0.25) is 0 Å². The van der Waals surface area contributed by atoms with Crippen LogP contribution >= 0.6 is 0 Å². The predicted molar refractivity (Wildman–Crippen MR) is 101 cm³/mol. The molecule has 0 unspecified atom stereocenters. The molecule has 1 saturated heterocycles. The van der Waals surface area contributed by atoms with E-state index >= 15 is 0 Å². The maximum atomic E-state index is 5.66. The molecule has 0 aliphatic carbocycles. The van der Waals surface area contributed by atoms with Crippen molar-refractivity contribution in [2.24, 2.45) is 10.9 Å². The van der Waals surface area contributed by atoms with Crippen LogP contribution in [0.3, 0.4) is 0 Å². The van der Waals surface area contributed by atoms with Crippen molar-refractivity contribution in [2.45, 2.75) is 26.2 Å². The van der Waals surface area contributed by atoms with E-state index in [1.165, 1.54) is 32.5 Å². The Morgan fingerprint density at radius 3 is 2.58 bits per heavy atom. The molecule has 0 spiro atoms. The van der Waals surface area contributed by atoms with Gasteiger partial charge in [-0.1, -0.05) is 25.1 Å². The summed E-state index contributed by atoms with van der Waals surface area (Å²) in [5.41, 5.74) is 0. The largest absolute Gasteiger partial charge is 0.492 e. The minimum Gasteiger partial charge on any atom is -0.492 e. The van der Waals surface area contributed by atoms with Crippen LogP contribution < -0.4 is 15.4 Å². The summed E-state index contributed by atoms with van der Waals surface area (Å²) in [5, 5.41) is 6.66. The summed E-state index contributed by atoms with van der Waals surface area (Å²) >= 11 is 0. The van der Waals surface area contributed by atoms with Crippen molar-refractivity contribution in [3.8, 4) is 5.75 Å². The highest BCUT2D eigenvalue weighted by Crippen LogP contribution is 2.15. The molecule has 2 rings (SSSR count). The molecular formula is C19H32N4O. The zero-order valence-electron chi connectivity index (χ0n) is 15.1. The van der Waals surface area contributed by atoms with E-state index in [4.69, 9.17) is 4.74 Å². The number of hydrogen-bond donors (Lipinski definition) is 2. The average Bonchev–Trinajstić information content (AvgIpc) is 2.62. The molecule has 134 valence electrons. The number of rotatable bonds is 8. The van der Waals surface area contributed by atoms with Crippen molar-refractivity contribution in [1.82, 2.24) is 15.5 Å². The third kappa shape index (κ3) is 7.21. The fourth-order valence-electron chi connectivity index (χ4n) is 2.87. The van der Waals surface area contributed by atoms with Crippen LogP contribution in [0.2, 0.25) is 0 Å². The van der Waals surface area contributed by atoms with Gasteiger partial charge in [0, 0.05) is 13.6 Å². The van der Waals surface area contributed by atoms with Crippen molar-refractivity contribution in [3.63, 3.8) is 0 Å². The number of nitrogens with one attached hydrogen (secondary N) is 2. The van der Waals surface area contributed by atoms with Gasteiger partial charge in [0.15, 0.2) is 5.96 Å². The Kier molecular flexibility index (Phi) is 8.46. The van der Waals surface area contributed by atoms with E-state index in [1.54, 1.807) is 7.05 Å². The summed E-state index contributed by atoms with van der Waals surface area (Å²) in [4.78, 5) is 6.83. The van der Waals surface area contributed by atoms with Gasteiger partial charge in [0.1, 0.15) is 12.4 Å². The average molecular weight is 332 g/mol. The summed E-state index contributed by atoms with van der Waals surface area (Å²) in [6, 6.07) is 9.88. The van der Waals surface area contributed by atoms with Gasteiger partial charge >= 0.3 is 0 Å². The number of benzene rings is 1. The number of para-hydroxylation sites is 1. The number of ether oxygens (including phenoxy) is 1. The zero-order chi connectivity index (χ0) is 17.0. The normalized spacial score (nSPS) is 16.8. The van der Waals surface area contributed by atoms with Crippen molar-refractivity contribution >= 4 is 5.96 Å². The van der Waals surface area contributed by atoms with E-state index in [0.717, 1.165) is 37.1 Å². The molecule has 5 heteroatoms. The molecule has 24 heavy (non-hydrogen) atoms. The number of nitrogens with zero attached hydrogens (tertiary/aromatic N) is 2. The highest BCUT2D eigenvalue weighted by molar-refractivity contribution is 5.79. The Hall–Kier alpha value is -1.75. The second-order valence-electron chi connectivity index (χ2n) is 6.46. The molecule has 1 heterocycles. The number of guanidine groups is 1. The van der Waals surface area contributed by atoms with Gasteiger partial charge in [-0.25, -0.2) is 0 Å². The Bertz CT molecular complexity index is 470. The first-order valence-corrected chi connectivity index (χ1v) is 9.12. The molecule has 0 saturated carbocycles. The highest BCUT2D eigenvalue weighted by Gasteiger charge is 2.14. The van der Waals surface area contributed by atoms with E-state index < -0.39 is 0 Å². The first-order chi connectivity index (χ1) is 11.8. The molecule has 1 aromatic rings. The Balaban J connectivity index is 1.51. The minimum absolute atomic E-state index is 0.622. The molecular weight excluding hydrogens is 300 g/mol. The number of aliphatic imine (C=N–C) groups is 1. The van der Waals surface area contributed by atoms with Crippen LogP contribution in [0.15, 0.2) is 35.3 Å². The lowest BCUT2D eigenvalue weighted by Crippen LogP contribution is -2.41. The van der Waals surface area contributed by atoms with Crippen molar-refractivity contribution in [1.29, 1.82) is 0 Å². The fraction of sp³-hybridized carbons (Fsp3) is 0.632. The Morgan fingerprint density at radius 1 is 1.17 bits per heavy atom. The summed E-state index contributed by atoms with van der Waals surface area (Å²) in [6.45, 7) is 8.35. The molecule has 0 atom stereocenters. The molecule has 1 fully saturated rings. The maximum absolute atomic E-state index is 5.66. The predicted octanol–water partition coefficient (Wildman–Crippen LogP) is 2.35. The molecule has 0 amide bonds. The molecule has 2 N–H and O–H groups in total. The first kappa shape index (κ1) is 18.6. The standard InChI is InChI=1S/C19H32N4O/c1-17-9-14-23(15-10-17)13-6-11-21-19(20-2)22-12-16-24-18-7-4-3-5-8-18/h3-5,7-8,17H,6,9-16H2,1-2H3,(H2,20,21,22). The van der Waals surface area contributed by atoms with Crippen molar-refractivity contribution < 1.29 is 4.74 Å². The van der Waals surface area contributed by atoms with Gasteiger partial charge in [-0.2, -0.15) is 0 Å². The van der Waals surface area contributed by atoms with E-state index in [0.29, 0.717) is 6.61 Å². The third-order valence-corrected chi connectivity index (χ3v) is 4.45. The fourth-order valence-corrected chi connectivity index (χ4v) is 2.87. The SMILES string of the molecule is CN=C(NCCCN1CCC(C)CC1)NCCOc1ccccc1. The van der Waals surface area contributed by atoms with Crippen molar-refractivity contribution in [3.05, 3.63) is 30.3 Å². The van der Waals surface area contributed by atoms with Crippen LogP contribution in [0, 0.1) is 5.92 Å². The van der Waals surface area contributed by atoms with Crippen LogP contribution in [0.5, 0.6) is 5.75 Å². The molecule has 0 aromatic heterocycles. The lowest BCUT2D eigenvalue weighted by Gasteiger charge is -2.30. The lowest BCUT2D eigenvalue weighted by molar-refractivity contribution is 0.191. The number of likely N-dealkylation sites (tertiary alicyclic amines) is 1. The maximum Gasteiger partial charge on any atom is 0.191 e. The summed E-state index contributed by atoms with van der Waals surface area (Å²) < 4.78 is 5.66.